The van der Waals surface area contributed by atoms with Crippen molar-refractivity contribution in [3.05, 3.63) is 60.4 Å². The molecule has 1 aromatic heterocycles. The van der Waals surface area contributed by atoms with E-state index in [0.29, 0.717) is 49.0 Å². The van der Waals surface area contributed by atoms with Crippen molar-refractivity contribution in [2.45, 2.75) is 19.8 Å². The van der Waals surface area contributed by atoms with Crippen molar-refractivity contribution in [2.24, 2.45) is 5.92 Å². The number of fused-ring (bicyclic) bond motifs is 1. The topological polar surface area (TPSA) is 101 Å². The lowest BCUT2D eigenvalue weighted by Gasteiger charge is -2.31. The smallest absolute Gasteiger partial charge is 0.313 e. The van der Waals surface area contributed by atoms with E-state index in [0.717, 1.165) is 18.2 Å². The molecule has 1 fully saturated rings. The number of amides is 3. The maximum absolute atomic E-state index is 12.8. The van der Waals surface area contributed by atoms with Gasteiger partial charge in [0.1, 0.15) is 11.3 Å². The molecule has 1 saturated heterocycles. The quantitative estimate of drug-likeness (QED) is 0.562. The zero-order valence-corrected chi connectivity index (χ0v) is 18.5. The van der Waals surface area contributed by atoms with Crippen LogP contribution in [0.1, 0.15) is 30.3 Å². The van der Waals surface area contributed by atoms with E-state index in [1.54, 1.807) is 35.2 Å². The van der Waals surface area contributed by atoms with E-state index in [-0.39, 0.29) is 11.8 Å². The van der Waals surface area contributed by atoms with Crippen LogP contribution in [0.5, 0.6) is 5.75 Å². The molecule has 1 aliphatic rings. The third kappa shape index (κ3) is 5.52. The molecule has 172 valence electrons. The SMILES string of the molecule is CCOc1ccc(NC(=O)C(=O)NCC2CCN(C(=O)c3cc4ccccc4o3)CC2)cc1. The minimum Gasteiger partial charge on any atom is -0.494 e. The van der Waals surface area contributed by atoms with Crippen LogP contribution in [-0.4, -0.2) is 48.9 Å². The third-order valence-corrected chi connectivity index (χ3v) is 5.72. The molecule has 0 aliphatic carbocycles. The molecule has 0 unspecified atom stereocenters. The summed E-state index contributed by atoms with van der Waals surface area (Å²) in [5.74, 6) is -0.268. The van der Waals surface area contributed by atoms with E-state index in [2.05, 4.69) is 10.6 Å². The number of nitrogens with one attached hydrogen (secondary N) is 2. The summed E-state index contributed by atoms with van der Waals surface area (Å²) >= 11 is 0. The Hall–Kier alpha value is -3.81. The molecule has 2 heterocycles. The van der Waals surface area contributed by atoms with E-state index in [1.807, 2.05) is 31.2 Å². The standard InChI is InChI=1S/C25H27N3O5/c1-2-32-20-9-7-19(8-10-20)27-24(30)23(29)26-16-17-11-13-28(14-12-17)25(31)22-15-18-5-3-4-6-21(18)33-22/h3-10,15,17H,2,11-14,16H2,1H3,(H,26,29)(H,27,30). The van der Waals surface area contributed by atoms with Crippen molar-refractivity contribution in [1.29, 1.82) is 0 Å². The van der Waals surface area contributed by atoms with Crippen molar-refractivity contribution < 1.29 is 23.5 Å². The van der Waals surface area contributed by atoms with Crippen LogP contribution in [-0.2, 0) is 9.59 Å². The maximum atomic E-state index is 12.8. The molecular formula is C25H27N3O5. The molecule has 0 radical (unpaired) electrons. The molecule has 2 aromatic carbocycles. The number of piperidine rings is 1. The Bertz CT molecular complexity index is 1100. The molecule has 0 saturated carbocycles. The molecule has 8 heteroatoms. The highest BCUT2D eigenvalue weighted by Gasteiger charge is 2.26. The Morgan fingerprint density at radius 2 is 1.76 bits per heavy atom. The monoisotopic (exact) mass is 449 g/mol. The van der Waals surface area contributed by atoms with Gasteiger partial charge in [0.05, 0.1) is 6.61 Å². The number of carbonyl (C=O) groups excluding carboxylic acids is 3. The third-order valence-electron chi connectivity index (χ3n) is 5.72. The Labute approximate surface area is 191 Å². The summed E-state index contributed by atoms with van der Waals surface area (Å²) < 4.78 is 11.0. The minimum atomic E-state index is -0.711. The van der Waals surface area contributed by atoms with Gasteiger partial charge in [-0.1, -0.05) is 18.2 Å². The van der Waals surface area contributed by atoms with E-state index in [9.17, 15) is 14.4 Å². The van der Waals surface area contributed by atoms with Gasteiger partial charge in [-0.3, -0.25) is 14.4 Å². The Morgan fingerprint density at radius 1 is 1.03 bits per heavy atom. The minimum absolute atomic E-state index is 0.122. The van der Waals surface area contributed by atoms with Crippen LogP contribution in [0, 0.1) is 5.92 Å². The average molecular weight is 450 g/mol. The summed E-state index contributed by atoms with van der Waals surface area (Å²) in [5.41, 5.74) is 1.22. The summed E-state index contributed by atoms with van der Waals surface area (Å²) in [6, 6.07) is 16.1. The number of carbonyl (C=O) groups is 3. The maximum Gasteiger partial charge on any atom is 0.313 e. The van der Waals surface area contributed by atoms with E-state index >= 15 is 0 Å². The lowest BCUT2D eigenvalue weighted by Crippen LogP contribution is -2.43. The zero-order valence-electron chi connectivity index (χ0n) is 18.5. The highest BCUT2D eigenvalue weighted by atomic mass is 16.5. The number of hydrogen-bond donors (Lipinski definition) is 2. The largest absolute Gasteiger partial charge is 0.494 e. The number of anilines is 1. The highest BCUT2D eigenvalue weighted by Crippen LogP contribution is 2.23. The van der Waals surface area contributed by atoms with Gasteiger partial charge in [0.2, 0.25) is 0 Å². The van der Waals surface area contributed by atoms with Gasteiger partial charge in [-0.15, -0.1) is 0 Å². The highest BCUT2D eigenvalue weighted by molar-refractivity contribution is 6.39. The van der Waals surface area contributed by atoms with Gasteiger partial charge in [-0.05, 0) is 62.1 Å². The summed E-state index contributed by atoms with van der Waals surface area (Å²) in [4.78, 5) is 38.9. The second-order valence-electron chi connectivity index (χ2n) is 8.01. The fourth-order valence-electron chi connectivity index (χ4n) is 3.89. The average Bonchev–Trinajstić information content (AvgIpc) is 3.28. The lowest BCUT2D eigenvalue weighted by molar-refractivity contribution is -0.136. The Balaban J connectivity index is 1.21. The van der Waals surface area contributed by atoms with Gasteiger partial charge in [0.25, 0.3) is 5.91 Å². The molecule has 8 nitrogen and oxygen atoms in total. The van der Waals surface area contributed by atoms with Crippen LogP contribution in [0.3, 0.4) is 0 Å². The Morgan fingerprint density at radius 3 is 2.45 bits per heavy atom. The van der Waals surface area contributed by atoms with Crippen LogP contribution in [0.25, 0.3) is 11.0 Å². The molecule has 0 atom stereocenters. The summed E-state index contributed by atoms with van der Waals surface area (Å²) in [6.07, 6.45) is 1.49. The van der Waals surface area contributed by atoms with Crippen LogP contribution in [0.2, 0.25) is 0 Å². The number of likely N-dealkylation sites (tertiary alicyclic amines) is 1. The van der Waals surface area contributed by atoms with Gasteiger partial charge >= 0.3 is 11.8 Å². The predicted molar refractivity (Wildman–Crippen MR) is 124 cm³/mol. The molecule has 3 aromatic rings. The predicted octanol–water partition coefficient (Wildman–Crippen LogP) is 3.44. The number of hydrogen-bond acceptors (Lipinski definition) is 5. The molecular weight excluding hydrogens is 422 g/mol. The first kappa shape index (κ1) is 22.4. The Kier molecular flexibility index (Phi) is 6.92. The van der Waals surface area contributed by atoms with Crippen molar-refractivity contribution in [1.82, 2.24) is 10.2 Å². The molecule has 3 amide bonds. The van der Waals surface area contributed by atoms with Crippen molar-refractivity contribution >= 4 is 34.4 Å². The van der Waals surface area contributed by atoms with Crippen LogP contribution < -0.4 is 15.4 Å². The molecule has 0 bridgehead atoms. The van der Waals surface area contributed by atoms with Crippen LogP contribution in [0.4, 0.5) is 5.69 Å². The summed E-state index contributed by atoms with van der Waals surface area (Å²) in [6.45, 7) is 4.00. The van der Waals surface area contributed by atoms with Crippen molar-refractivity contribution in [3.63, 3.8) is 0 Å². The first-order valence-corrected chi connectivity index (χ1v) is 11.1. The van der Waals surface area contributed by atoms with Gasteiger partial charge in [0, 0.05) is 30.7 Å². The van der Waals surface area contributed by atoms with Gasteiger partial charge in [0.15, 0.2) is 5.76 Å². The van der Waals surface area contributed by atoms with Crippen LogP contribution in [0.15, 0.2) is 59.0 Å². The second-order valence-corrected chi connectivity index (χ2v) is 8.01. The van der Waals surface area contributed by atoms with E-state index in [1.165, 1.54) is 0 Å². The lowest BCUT2D eigenvalue weighted by atomic mass is 9.96. The molecule has 2 N–H and O–H groups in total. The normalized spacial score (nSPS) is 14.2. The van der Waals surface area contributed by atoms with Gasteiger partial charge < -0.3 is 24.7 Å². The number of rotatable bonds is 6. The summed E-state index contributed by atoms with van der Waals surface area (Å²) in [7, 11) is 0. The van der Waals surface area contributed by atoms with Crippen LogP contribution >= 0.6 is 0 Å². The molecule has 0 spiro atoms. The molecule has 4 rings (SSSR count). The number of ether oxygens (including phenoxy) is 1. The van der Waals surface area contributed by atoms with E-state index in [4.69, 9.17) is 9.15 Å². The number of furan rings is 1. The zero-order chi connectivity index (χ0) is 23.2. The van der Waals surface area contributed by atoms with Gasteiger partial charge in [-0.25, -0.2) is 0 Å². The summed E-state index contributed by atoms with van der Waals surface area (Å²) in [5, 5.41) is 6.18. The molecule has 33 heavy (non-hydrogen) atoms. The fraction of sp³-hybridized carbons (Fsp3) is 0.320. The number of para-hydroxylation sites is 1. The molecule has 1 aliphatic heterocycles. The van der Waals surface area contributed by atoms with E-state index < -0.39 is 11.8 Å². The fourth-order valence-corrected chi connectivity index (χ4v) is 3.89. The first-order chi connectivity index (χ1) is 16.0. The second kappa shape index (κ2) is 10.2. The first-order valence-electron chi connectivity index (χ1n) is 11.1. The van der Waals surface area contributed by atoms with Gasteiger partial charge in [-0.2, -0.15) is 0 Å². The number of benzene rings is 2. The van der Waals surface area contributed by atoms with Crippen molar-refractivity contribution in [3.8, 4) is 5.75 Å². The van der Waals surface area contributed by atoms with Crippen molar-refractivity contribution in [2.75, 3.05) is 31.6 Å². The number of nitrogens with zero attached hydrogens (tertiary/aromatic N) is 1.